The summed E-state index contributed by atoms with van der Waals surface area (Å²) in [4.78, 5) is 8.95. The Kier molecular flexibility index (Phi) is 5.04. The third-order valence-electron chi connectivity index (χ3n) is 3.16. The maximum absolute atomic E-state index is 4.54. The van der Waals surface area contributed by atoms with Crippen LogP contribution in [0.25, 0.3) is 0 Å². The molecule has 0 saturated carbocycles. The number of rotatable bonds is 6. The van der Waals surface area contributed by atoms with Crippen LogP contribution < -0.4 is 5.32 Å². The molecule has 0 spiro atoms. The van der Waals surface area contributed by atoms with Gasteiger partial charge in [-0.25, -0.2) is 0 Å². The number of nitrogens with zero attached hydrogens (tertiary/aromatic N) is 2. The maximum Gasteiger partial charge on any atom is 0.0606 e. The first kappa shape index (κ1) is 13.7. The lowest BCUT2D eigenvalue weighted by atomic mass is 10.0. The Labute approximate surface area is 115 Å². The summed E-state index contributed by atoms with van der Waals surface area (Å²) in [6, 6.07) is 10.4. The van der Waals surface area contributed by atoms with Crippen LogP contribution in [0.2, 0.25) is 0 Å². The van der Waals surface area contributed by atoms with E-state index in [2.05, 4.69) is 41.3 Å². The first-order valence-electron chi connectivity index (χ1n) is 6.86. The third kappa shape index (κ3) is 3.86. The number of nitrogens with one attached hydrogen (secondary N) is 1. The van der Waals surface area contributed by atoms with E-state index in [-0.39, 0.29) is 6.04 Å². The second kappa shape index (κ2) is 7.00. The highest BCUT2D eigenvalue weighted by molar-refractivity contribution is 5.22. The molecule has 1 unspecified atom stereocenters. The molecule has 0 radical (unpaired) electrons. The lowest BCUT2D eigenvalue weighted by Gasteiger charge is -2.19. The van der Waals surface area contributed by atoms with Crippen LogP contribution in [-0.4, -0.2) is 16.5 Å². The van der Waals surface area contributed by atoms with E-state index in [0.717, 1.165) is 30.8 Å². The van der Waals surface area contributed by atoms with Gasteiger partial charge in [-0.3, -0.25) is 9.97 Å². The first-order valence-corrected chi connectivity index (χ1v) is 6.86. The van der Waals surface area contributed by atoms with Gasteiger partial charge in [-0.1, -0.05) is 19.1 Å². The van der Waals surface area contributed by atoms with Crippen LogP contribution in [0, 0.1) is 6.92 Å². The molecule has 2 heterocycles. The Hall–Kier alpha value is -1.74. The Morgan fingerprint density at radius 1 is 1.11 bits per heavy atom. The molecule has 3 heteroatoms. The largest absolute Gasteiger partial charge is 0.308 e. The van der Waals surface area contributed by atoms with Gasteiger partial charge in [-0.2, -0.15) is 0 Å². The molecule has 0 aliphatic rings. The van der Waals surface area contributed by atoms with E-state index in [4.69, 9.17) is 0 Å². The van der Waals surface area contributed by atoms with Gasteiger partial charge in [-0.15, -0.1) is 0 Å². The van der Waals surface area contributed by atoms with Crippen LogP contribution in [0.5, 0.6) is 0 Å². The van der Waals surface area contributed by atoms with E-state index in [9.17, 15) is 0 Å². The van der Waals surface area contributed by atoms with Gasteiger partial charge in [0.05, 0.1) is 11.7 Å². The predicted octanol–water partition coefficient (Wildman–Crippen LogP) is 3.07. The van der Waals surface area contributed by atoms with Crippen molar-refractivity contribution in [3.05, 3.63) is 59.7 Å². The number of aromatic nitrogens is 2. The van der Waals surface area contributed by atoms with Gasteiger partial charge in [-0.05, 0) is 43.7 Å². The average molecular weight is 255 g/mol. The average Bonchev–Trinajstić information content (AvgIpc) is 2.45. The Balaban J connectivity index is 2.19. The molecule has 0 bridgehead atoms. The zero-order valence-corrected chi connectivity index (χ0v) is 11.6. The minimum absolute atomic E-state index is 0.232. The van der Waals surface area contributed by atoms with E-state index >= 15 is 0 Å². The summed E-state index contributed by atoms with van der Waals surface area (Å²) in [5.41, 5.74) is 3.45. The van der Waals surface area contributed by atoms with Crippen LogP contribution in [0.3, 0.4) is 0 Å². The summed E-state index contributed by atoms with van der Waals surface area (Å²) in [7, 11) is 0. The molecule has 2 aromatic heterocycles. The number of hydrogen-bond acceptors (Lipinski definition) is 3. The van der Waals surface area contributed by atoms with E-state index in [0.29, 0.717) is 0 Å². The van der Waals surface area contributed by atoms with Crippen LogP contribution >= 0.6 is 0 Å². The van der Waals surface area contributed by atoms with Crippen molar-refractivity contribution in [2.24, 2.45) is 0 Å². The summed E-state index contributed by atoms with van der Waals surface area (Å²) in [5, 5.41) is 3.57. The van der Waals surface area contributed by atoms with Gasteiger partial charge in [0.1, 0.15) is 0 Å². The molecule has 0 fully saturated rings. The predicted molar refractivity (Wildman–Crippen MR) is 77.9 cm³/mol. The van der Waals surface area contributed by atoms with Gasteiger partial charge in [0, 0.05) is 24.5 Å². The second-order valence-electron chi connectivity index (χ2n) is 4.74. The smallest absolute Gasteiger partial charge is 0.0606 e. The normalized spacial score (nSPS) is 12.3. The quantitative estimate of drug-likeness (QED) is 0.862. The SMILES string of the molecule is CCCNC(Cc1ccccn1)c1ncccc1C. The van der Waals surface area contributed by atoms with Crippen molar-refractivity contribution >= 4 is 0 Å². The number of pyridine rings is 2. The van der Waals surface area contributed by atoms with Crippen molar-refractivity contribution in [1.29, 1.82) is 0 Å². The summed E-state index contributed by atoms with van der Waals surface area (Å²) in [6.07, 6.45) is 5.70. The zero-order chi connectivity index (χ0) is 13.5. The van der Waals surface area contributed by atoms with E-state index in [1.54, 1.807) is 0 Å². The standard InChI is InChI=1S/C16H21N3/c1-3-9-18-15(12-14-8-4-5-10-17-14)16-13(2)7-6-11-19-16/h4-8,10-11,15,18H,3,9,12H2,1-2H3. The van der Waals surface area contributed by atoms with Crippen LogP contribution in [0.1, 0.15) is 36.3 Å². The van der Waals surface area contributed by atoms with Crippen molar-refractivity contribution in [3.8, 4) is 0 Å². The second-order valence-corrected chi connectivity index (χ2v) is 4.74. The molecule has 0 aliphatic carbocycles. The number of aryl methyl sites for hydroxylation is 1. The number of hydrogen-bond donors (Lipinski definition) is 1. The third-order valence-corrected chi connectivity index (χ3v) is 3.16. The molecular weight excluding hydrogens is 234 g/mol. The molecule has 0 saturated heterocycles. The van der Waals surface area contributed by atoms with Gasteiger partial charge in [0.2, 0.25) is 0 Å². The van der Waals surface area contributed by atoms with Gasteiger partial charge >= 0.3 is 0 Å². The Morgan fingerprint density at radius 2 is 1.95 bits per heavy atom. The monoisotopic (exact) mass is 255 g/mol. The summed E-state index contributed by atoms with van der Waals surface area (Å²) in [6.45, 7) is 5.28. The highest BCUT2D eigenvalue weighted by Gasteiger charge is 2.15. The topological polar surface area (TPSA) is 37.8 Å². The minimum Gasteiger partial charge on any atom is -0.308 e. The van der Waals surface area contributed by atoms with Crippen molar-refractivity contribution in [1.82, 2.24) is 15.3 Å². The van der Waals surface area contributed by atoms with Gasteiger partial charge < -0.3 is 5.32 Å². The molecule has 1 N–H and O–H groups in total. The van der Waals surface area contributed by atoms with Gasteiger partial charge in [0.15, 0.2) is 0 Å². The van der Waals surface area contributed by atoms with Crippen molar-refractivity contribution in [2.45, 2.75) is 32.7 Å². The fraction of sp³-hybridized carbons (Fsp3) is 0.375. The van der Waals surface area contributed by atoms with Crippen molar-refractivity contribution in [2.75, 3.05) is 6.54 Å². The Morgan fingerprint density at radius 3 is 2.63 bits per heavy atom. The van der Waals surface area contributed by atoms with Gasteiger partial charge in [0.25, 0.3) is 0 Å². The molecule has 19 heavy (non-hydrogen) atoms. The minimum atomic E-state index is 0.232. The summed E-state index contributed by atoms with van der Waals surface area (Å²) >= 11 is 0. The van der Waals surface area contributed by atoms with Crippen molar-refractivity contribution in [3.63, 3.8) is 0 Å². The lowest BCUT2D eigenvalue weighted by molar-refractivity contribution is 0.511. The molecular formula is C16H21N3. The summed E-state index contributed by atoms with van der Waals surface area (Å²) in [5.74, 6) is 0. The molecule has 0 aromatic carbocycles. The molecule has 1 atom stereocenters. The van der Waals surface area contributed by atoms with Crippen LogP contribution in [0.15, 0.2) is 42.7 Å². The summed E-state index contributed by atoms with van der Waals surface area (Å²) < 4.78 is 0. The molecule has 2 rings (SSSR count). The molecule has 0 aliphatic heterocycles. The molecule has 2 aromatic rings. The Bertz CT molecular complexity index is 496. The lowest BCUT2D eigenvalue weighted by Crippen LogP contribution is -2.26. The highest BCUT2D eigenvalue weighted by Crippen LogP contribution is 2.18. The first-order chi connectivity index (χ1) is 9.31. The fourth-order valence-electron chi connectivity index (χ4n) is 2.17. The van der Waals surface area contributed by atoms with Crippen molar-refractivity contribution < 1.29 is 0 Å². The van der Waals surface area contributed by atoms with E-state index in [1.807, 2.05) is 30.6 Å². The maximum atomic E-state index is 4.54. The van der Waals surface area contributed by atoms with E-state index < -0.39 is 0 Å². The van der Waals surface area contributed by atoms with Crippen LogP contribution in [-0.2, 0) is 6.42 Å². The van der Waals surface area contributed by atoms with Crippen LogP contribution in [0.4, 0.5) is 0 Å². The zero-order valence-electron chi connectivity index (χ0n) is 11.6. The fourth-order valence-corrected chi connectivity index (χ4v) is 2.17. The molecule has 3 nitrogen and oxygen atoms in total. The van der Waals surface area contributed by atoms with E-state index in [1.165, 1.54) is 5.56 Å². The molecule has 0 amide bonds. The molecule has 100 valence electrons. The highest BCUT2D eigenvalue weighted by atomic mass is 14.9.